The average molecular weight is 742 g/mol. The molecule has 1 aromatic rings. The van der Waals surface area contributed by atoms with E-state index < -0.39 is 59.9 Å². The lowest BCUT2D eigenvalue weighted by atomic mass is 9.95. The van der Waals surface area contributed by atoms with E-state index in [0.717, 1.165) is 12.0 Å². The van der Waals surface area contributed by atoms with E-state index in [2.05, 4.69) is 31.9 Å². The first-order chi connectivity index (χ1) is 24.8. The van der Waals surface area contributed by atoms with Gasteiger partial charge >= 0.3 is 0 Å². The number of nitrogens with zero attached hydrogens (tertiary/aromatic N) is 1. The Labute approximate surface area is 317 Å². The second-order valence-corrected chi connectivity index (χ2v) is 15.5. The summed E-state index contributed by atoms with van der Waals surface area (Å²) in [7, 11) is 3.67. The third-order valence-corrected chi connectivity index (χ3v) is 8.90. The van der Waals surface area contributed by atoms with Crippen molar-refractivity contribution in [1.82, 2.24) is 36.8 Å². The molecule has 0 radical (unpaired) electrons. The molecule has 1 rings (SSSR count). The molecule has 0 heterocycles. The highest BCUT2D eigenvalue weighted by molar-refractivity contribution is 5.95. The molecule has 6 N–H and O–H groups in total. The first-order valence-corrected chi connectivity index (χ1v) is 18.9. The van der Waals surface area contributed by atoms with Crippen molar-refractivity contribution in [3.05, 3.63) is 48.0 Å². The molecule has 53 heavy (non-hydrogen) atoms. The topological polar surface area (TPSA) is 178 Å². The summed E-state index contributed by atoms with van der Waals surface area (Å²) in [6.45, 7) is 19.0. The van der Waals surface area contributed by atoms with Gasteiger partial charge in [-0.1, -0.05) is 98.2 Å². The van der Waals surface area contributed by atoms with Crippen LogP contribution in [0.1, 0.15) is 94.1 Å². The maximum absolute atomic E-state index is 13.7. The molecule has 13 heteroatoms. The molecule has 1 aromatic carbocycles. The first kappa shape index (κ1) is 46.8. The standard InChI is InChI=1S/C40H67N7O6/c1-13-27(8)35(47(11)12)40(53)45-31(21-24(2)3)37(50)44-32(22-25(4)5)38(51)46-34(26(6)7)39(52)42-28(9)19-20-33(48)43-29(10)36(49)41-23-30-17-15-14-16-18-30/h14-20,24-29,31-32,34-35H,13,21-23H2,1-12H3,(H,41,49)(H,42,52)(H,43,48)(H,44,50)(H,45,53)(H,46,51)/b20-19+/t27-,28+,29+,31+,32+,34+,35+/m1/s1. The quantitative estimate of drug-likeness (QED) is 0.0990. The van der Waals surface area contributed by atoms with Gasteiger partial charge in [-0.3, -0.25) is 33.7 Å². The van der Waals surface area contributed by atoms with Gasteiger partial charge in [0, 0.05) is 18.7 Å². The van der Waals surface area contributed by atoms with Gasteiger partial charge in [0.2, 0.25) is 35.4 Å². The molecule has 0 fully saturated rings. The number of likely N-dealkylation sites (N-methyl/N-ethyl adjacent to an activating group) is 1. The van der Waals surface area contributed by atoms with Crippen molar-refractivity contribution in [2.24, 2.45) is 23.7 Å². The van der Waals surface area contributed by atoms with Crippen LogP contribution in [-0.4, -0.2) is 90.7 Å². The van der Waals surface area contributed by atoms with Gasteiger partial charge in [0.25, 0.3) is 0 Å². The number of benzene rings is 1. The number of amides is 6. The van der Waals surface area contributed by atoms with Crippen molar-refractivity contribution in [2.75, 3.05) is 14.1 Å². The molecule has 0 aliphatic heterocycles. The van der Waals surface area contributed by atoms with Crippen LogP contribution in [0, 0.1) is 23.7 Å². The second-order valence-electron chi connectivity index (χ2n) is 15.5. The zero-order valence-corrected chi connectivity index (χ0v) is 34.0. The third-order valence-electron chi connectivity index (χ3n) is 8.90. The van der Waals surface area contributed by atoms with Crippen molar-refractivity contribution in [1.29, 1.82) is 0 Å². The maximum Gasteiger partial charge on any atom is 0.244 e. The Kier molecular flexibility index (Phi) is 20.7. The molecule has 0 saturated heterocycles. The van der Waals surface area contributed by atoms with E-state index >= 15 is 0 Å². The number of rotatable bonds is 22. The van der Waals surface area contributed by atoms with Gasteiger partial charge in [0.15, 0.2) is 0 Å². The Hall–Kier alpha value is -4.26. The van der Waals surface area contributed by atoms with Gasteiger partial charge in [-0.05, 0) is 70.0 Å². The van der Waals surface area contributed by atoms with E-state index in [0.29, 0.717) is 19.4 Å². The van der Waals surface area contributed by atoms with Crippen molar-refractivity contribution < 1.29 is 28.8 Å². The smallest absolute Gasteiger partial charge is 0.244 e. The largest absolute Gasteiger partial charge is 0.350 e. The molecule has 7 atom stereocenters. The predicted molar refractivity (Wildman–Crippen MR) is 209 cm³/mol. The zero-order chi connectivity index (χ0) is 40.4. The summed E-state index contributed by atoms with van der Waals surface area (Å²) in [4.78, 5) is 81.0. The molecular weight excluding hydrogens is 674 g/mol. The predicted octanol–water partition coefficient (Wildman–Crippen LogP) is 3.05. The summed E-state index contributed by atoms with van der Waals surface area (Å²) < 4.78 is 0. The Bertz CT molecular complexity index is 1360. The number of nitrogens with one attached hydrogen (secondary N) is 6. The van der Waals surface area contributed by atoms with Crippen LogP contribution in [0.4, 0.5) is 0 Å². The summed E-state index contributed by atoms with van der Waals surface area (Å²) in [5.74, 6) is -2.62. The van der Waals surface area contributed by atoms with Crippen molar-refractivity contribution in [3.8, 4) is 0 Å². The normalized spacial score (nSPS) is 15.6. The van der Waals surface area contributed by atoms with E-state index in [-0.39, 0.29) is 35.5 Å². The Morgan fingerprint density at radius 3 is 1.68 bits per heavy atom. The summed E-state index contributed by atoms with van der Waals surface area (Å²) in [6, 6.07) is 4.90. The SMILES string of the molecule is CC[C@@H](C)[C@@H](C(=O)N[C@@H](CC(C)C)C(=O)N[C@@H](CC(C)C)C(=O)N[C@H](C(=O)N[C@@H](C)/C=C/C(=O)N[C@@H](C)C(=O)NCc1ccccc1)C(C)C)N(C)C. The highest BCUT2D eigenvalue weighted by Crippen LogP contribution is 2.15. The van der Waals surface area contributed by atoms with E-state index in [4.69, 9.17) is 0 Å². The van der Waals surface area contributed by atoms with Crippen molar-refractivity contribution in [3.63, 3.8) is 0 Å². The van der Waals surface area contributed by atoms with Gasteiger partial charge < -0.3 is 31.9 Å². The lowest BCUT2D eigenvalue weighted by Gasteiger charge is -2.31. The summed E-state index contributed by atoms with van der Waals surface area (Å²) in [5.41, 5.74) is 0.937. The fourth-order valence-electron chi connectivity index (χ4n) is 5.81. The molecule has 0 aliphatic carbocycles. The van der Waals surface area contributed by atoms with Crippen LogP contribution in [0.2, 0.25) is 0 Å². The molecule has 298 valence electrons. The van der Waals surface area contributed by atoms with E-state index in [1.807, 2.05) is 90.9 Å². The second kappa shape index (κ2) is 23.4. The third kappa shape index (κ3) is 17.4. The summed E-state index contributed by atoms with van der Waals surface area (Å²) in [6.07, 6.45) is 4.23. The minimum absolute atomic E-state index is 0.0352. The molecule has 0 aromatic heterocycles. The van der Waals surface area contributed by atoms with Crippen LogP contribution in [0.25, 0.3) is 0 Å². The summed E-state index contributed by atoms with van der Waals surface area (Å²) in [5, 5.41) is 16.9. The first-order valence-electron chi connectivity index (χ1n) is 18.9. The van der Waals surface area contributed by atoms with Gasteiger partial charge in [0.05, 0.1) is 6.04 Å². The Morgan fingerprint density at radius 1 is 0.660 bits per heavy atom. The molecule has 0 aliphatic rings. The van der Waals surface area contributed by atoms with E-state index in [1.165, 1.54) is 12.2 Å². The lowest BCUT2D eigenvalue weighted by Crippen LogP contribution is -2.59. The number of carbonyl (C=O) groups is 6. The average Bonchev–Trinajstić information content (AvgIpc) is 3.07. The molecule has 6 amide bonds. The molecule has 0 bridgehead atoms. The monoisotopic (exact) mass is 742 g/mol. The Balaban J connectivity index is 2.94. The lowest BCUT2D eigenvalue weighted by molar-refractivity contribution is -0.135. The van der Waals surface area contributed by atoms with Crippen LogP contribution < -0.4 is 31.9 Å². The molecular formula is C40H67N7O6. The number of hydrogen-bond acceptors (Lipinski definition) is 7. The van der Waals surface area contributed by atoms with E-state index in [9.17, 15) is 28.8 Å². The molecule has 0 saturated carbocycles. The fraction of sp³-hybridized carbons (Fsp3) is 0.650. The minimum atomic E-state index is -0.949. The minimum Gasteiger partial charge on any atom is -0.350 e. The van der Waals surface area contributed by atoms with Crippen molar-refractivity contribution in [2.45, 2.75) is 131 Å². The van der Waals surface area contributed by atoms with Gasteiger partial charge in [0.1, 0.15) is 24.2 Å². The molecule has 13 nitrogen and oxygen atoms in total. The molecule has 0 unspecified atom stereocenters. The van der Waals surface area contributed by atoms with E-state index in [1.54, 1.807) is 27.7 Å². The zero-order valence-electron chi connectivity index (χ0n) is 34.0. The Morgan fingerprint density at radius 2 is 1.19 bits per heavy atom. The van der Waals surface area contributed by atoms with Crippen LogP contribution in [-0.2, 0) is 35.3 Å². The fourth-order valence-corrected chi connectivity index (χ4v) is 5.81. The van der Waals surface area contributed by atoms with Gasteiger partial charge in [-0.25, -0.2) is 0 Å². The highest BCUT2D eigenvalue weighted by Gasteiger charge is 2.34. The van der Waals surface area contributed by atoms with Gasteiger partial charge in [-0.15, -0.1) is 0 Å². The van der Waals surface area contributed by atoms with Crippen LogP contribution in [0.5, 0.6) is 0 Å². The highest BCUT2D eigenvalue weighted by atomic mass is 16.2. The van der Waals surface area contributed by atoms with Crippen LogP contribution >= 0.6 is 0 Å². The maximum atomic E-state index is 13.7. The van der Waals surface area contributed by atoms with Crippen LogP contribution in [0.15, 0.2) is 42.5 Å². The number of carbonyl (C=O) groups excluding carboxylic acids is 6. The van der Waals surface area contributed by atoms with Gasteiger partial charge in [-0.2, -0.15) is 0 Å². The number of hydrogen-bond donors (Lipinski definition) is 6. The summed E-state index contributed by atoms with van der Waals surface area (Å²) >= 11 is 0. The molecule has 0 spiro atoms. The van der Waals surface area contributed by atoms with Crippen LogP contribution in [0.3, 0.4) is 0 Å². The van der Waals surface area contributed by atoms with Crippen molar-refractivity contribution >= 4 is 35.4 Å².